The molecule has 2 saturated heterocycles. The van der Waals surface area contributed by atoms with Gasteiger partial charge in [0.05, 0.1) is 58.0 Å². The minimum Gasteiger partial charge on any atom is -0.465 e. The SMILES string of the molecule is CCCCCCCCC(=O)OCC(COC(=O)CCCCCCCC)CC(=O)OC[C@@H]1C[C@H](COC(=O)CC(COC(=O)CCCCCCCC)COC(=O)CCCCCCCC)N1C(=O)OCCCN1CCC(Cl)CC1. The van der Waals surface area contributed by atoms with Crippen LogP contribution in [0.4, 0.5) is 4.79 Å². The van der Waals surface area contributed by atoms with Gasteiger partial charge in [-0.15, -0.1) is 11.6 Å². The van der Waals surface area contributed by atoms with Crippen molar-refractivity contribution in [1.29, 1.82) is 0 Å². The Morgan fingerprint density at radius 2 is 0.740 bits per heavy atom. The first-order valence-electron chi connectivity index (χ1n) is 30.6. The molecule has 2 rings (SSSR count). The quantitative estimate of drug-likeness (QED) is 0.0242. The third-order valence-corrected chi connectivity index (χ3v) is 15.0. The molecule has 0 aromatic carbocycles. The molecule has 77 heavy (non-hydrogen) atoms. The summed E-state index contributed by atoms with van der Waals surface area (Å²) >= 11 is 6.30. The van der Waals surface area contributed by atoms with Gasteiger partial charge in [0, 0.05) is 49.4 Å². The Labute approximate surface area is 469 Å². The lowest BCUT2D eigenvalue weighted by atomic mass is 9.94. The molecular formula is C60H105ClN2O14. The van der Waals surface area contributed by atoms with E-state index in [1.165, 1.54) is 4.90 Å². The molecule has 16 nitrogen and oxygen atoms in total. The Morgan fingerprint density at radius 3 is 1.08 bits per heavy atom. The highest BCUT2D eigenvalue weighted by atomic mass is 35.5. The molecule has 2 fully saturated rings. The smallest absolute Gasteiger partial charge is 0.410 e. The fourth-order valence-corrected chi connectivity index (χ4v) is 9.77. The van der Waals surface area contributed by atoms with Crippen molar-refractivity contribution in [3.63, 3.8) is 0 Å². The lowest BCUT2D eigenvalue weighted by Gasteiger charge is -2.46. The molecule has 0 unspecified atom stereocenters. The number of rotatable bonds is 48. The van der Waals surface area contributed by atoms with Gasteiger partial charge in [-0.3, -0.25) is 33.7 Å². The molecule has 1 amide bonds. The Kier molecular flexibility index (Phi) is 41.6. The molecule has 446 valence electrons. The summed E-state index contributed by atoms with van der Waals surface area (Å²) in [6.45, 7) is 10.5. The van der Waals surface area contributed by atoms with Crippen LogP contribution in [0.5, 0.6) is 0 Å². The second-order valence-electron chi connectivity index (χ2n) is 21.7. The minimum absolute atomic E-state index is 0.114. The molecule has 2 heterocycles. The number of ether oxygens (including phenoxy) is 7. The van der Waals surface area contributed by atoms with E-state index >= 15 is 0 Å². The zero-order chi connectivity index (χ0) is 56.1. The van der Waals surface area contributed by atoms with Crippen LogP contribution in [0.2, 0.25) is 0 Å². The van der Waals surface area contributed by atoms with Crippen molar-refractivity contribution in [2.75, 3.05) is 65.9 Å². The van der Waals surface area contributed by atoms with Crippen LogP contribution in [0, 0.1) is 11.8 Å². The van der Waals surface area contributed by atoms with Crippen molar-refractivity contribution in [3.05, 3.63) is 0 Å². The fraction of sp³-hybridized carbons (Fsp3) is 0.883. The highest BCUT2D eigenvalue weighted by Crippen LogP contribution is 2.29. The Bertz CT molecular complexity index is 1440. The number of halogens is 1. The van der Waals surface area contributed by atoms with Crippen LogP contribution in [0.1, 0.15) is 246 Å². The van der Waals surface area contributed by atoms with Crippen LogP contribution < -0.4 is 0 Å². The third kappa shape index (κ3) is 36.3. The number of hydrogen-bond acceptors (Lipinski definition) is 15. The van der Waals surface area contributed by atoms with E-state index in [-0.39, 0.29) is 114 Å². The van der Waals surface area contributed by atoms with Gasteiger partial charge < -0.3 is 38.1 Å². The Hall–Kier alpha value is -3.66. The van der Waals surface area contributed by atoms with Crippen LogP contribution in [-0.4, -0.2) is 135 Å². The average Bonchev–Trinajstić information content (AvgIpc) is 3.40. The number of nitrogens with zero attached hydrogens (tertiary/aromatic N) is 2. The zero-order valence-corrected chi connectivity index (χ0v) is 49.2. The standard InChI is InChI=1S/C60H105ClN2O14/c1-5-9-13-17-21-25-30-54(64)72-43-49(44-73-55(65)31-26-22-18-14-10-6-2)40-58(68)76-47-52-42-53(63(52)60(70)71-39-29-36-62-37-34-51(61)35-38-62)48-77-59(69)41-50(45-74-56(66)32-27-23-19-15-11-7-3)46-75-57(67)33-28-24-20-16-12-8-4/h49-53H,5-48H2,1-4H3/t52-,53+. The summed E-state index contributed by atoms with van der Waals surface area (Å²) in [5.41, 5.74) is 0. The summed E-state index contributed by atoms with van der Waals surface area (Å²) in [7, 11) is 0. The number of likely N-dealkylation sites (tertiary alicyclic amines) is 2. The Morgan fingerprint density at radius 1 is 0.416 bits per heavy atom. The number of hydrogen-bond donors (Lipinski definition) is 0. The second-order valence-corrected chi connectivity index (χ2v) is 22.4. The summed E-state index contributed by atoms with van der Waals surface area (Å²) in [6, 6.07) is -1.15. The monoisotopic (exact) mass is 1110 g/mol. The highest BCUT2D eigenvalue weighted by molar-refractivity contribution is 6.20. The van der Waals surface area contributed by atoms with Crippen LogP contribution in [0.25, 0.3) is 0 Å². The normalized spacial score (nSPS) is 15.8. The van der Waals surface area contributed by atoms with Crippen molar-refractivity contribution < 1.29 is 66.7 Å². The number of carbonyl (C=O) groups is 7. The maximum absolute atomic E-state index is 13.7. The number of alkyl halides is 1. The van der Waals surface area contributed by atoms with Crippen LogP contribution in [-0.2, 0) is 61.9 Å². The third-order valence-electron chi connectivity index (χ3n) is 14.5. The molecule has 0 spiro atoms. The first kappa shape index (κ1) is 69.4. The molecule has 2 aliphatic heterocycles. The van der Waals surface area contributed by atoms with E-state index in [0.717, 1.165) is 161 Å². The predicted molar refractivity (Wildman–Crippen MR) is 299 cm³/mol. The first-order valence-corrected chi connectivity index (χ1v) is 31.1. The molecular weight excluding hydrogens is 1010 g/mol. The van der Waals surface area contributed by atoms with Gasteiger partial charge in [0.25, 0.3) is 0 Å². The van der Waals surface area contributed by atoms with Crippen molar-refractivity contribution in [1.82, 2.24) is 9.80 Å². The van der Waals surface area contributed by atoms with E-state index in [4.69, 9.17) is 44.8 Å². The number of unbranched alkanes of at least 4 members (excludes halogenated alkanes) is 20. The van der Waals surface area contributed by atoms with E-state index < -0.39 is 42.0 Å². The van der Waals surface area contributed by atoms with Crippen LogP contribution >= 0.6 is 11.6 Å². The van der Waals surface area contributed by atoms with Gasteiger partial charge in [0.15, 0.2) is 0 Å². The number of piperidine rings is 1. The zero-order valence-electron chi connectivity index (χ0n) is 48.5. The summed E-state index contributed by atoms with van der Waals surface area (Å²) in [4.78, 5) is 95.2. The largest absolute Gasteiger partial charge is 0.465 e. The summed E-state index contributed by atoms with van der Waals surface area (Å²) in [5, 5.41) is 0.174. The topological polar surface area (TPSA) is 191 Å². The van der Waals surface area contributed by atoms with Crippen molar-refractivity contribution in [2.45, 2.75) is 263 Å². The van der Waals surface area contributed by atoms with Gasteiger partial charge in [-0.05, 0) is 64.5 Å². The maximum Gasteiger partial charge on any atom is 0.410 e. The lowest BCUT2D eigenvalue weighted by Crippen LogP contribution is -2.62. The van der Waals surface area contributed by atoms with E-state index in [2.05, 4.69) is 32.6 Å². The maximum atomic E-state index is 13.7. The van der Waals surface area contributed by atoms with E-state index in [0.29, 0.717) is 38.5 Å². The molecule has 0 saturated carbocycles. The van der Waals surface area contributed by atoms with Gasteiger partial charge in [0.2, 0.25) is 0 Å². The van der Waals surface area contributed by atoms with E-state index in [1.54, 1.807) is 0 Å². The van der Waals surface area contributed by atoms with Crippen LogP contribution in [0.3, 0.4) is 0 Å². The van der Waals surface area contributed by atoms with Gasteiger partial charge in [0.1, 0.15) is 13.2 Å². The molecule has 0 aromatic rings. The summed E-state index contributed by atoms with van der Waals surface area (Å²) < 4.78 is 39.6. The molecule has 2 aliphatic rings. The van der Waals surface area contributed by atoms with Crippen molar-refractivity contribution >= 4 is 53.5 Å². The fourth-order valence-electron chi connectivity index (χ4n) is 9.57. The molecule has 2 atom stereocenters. The lowest BCUT2D eigenvalue weighted by molar-refractivity contribution is -0.159. The van der Waals surface area contributed by atoms with Crippen molar-refractivity contribution in [3.8, 4) is 0 Å². The Balaban J connectivity index is 2.07. The second kappa shape index (κ2) is 46.1. The first-order chi connectivity index (χ1) is 37.4. The molecule has 0 aliphatic carbocycles. The molecule has 0 radical (unpaired) electrons. The van der Waals surface area contributed by atoms with Gasteiger partial charge in [-0.2, -0.15) is 0 Å². The van der Waals surface area contributed by atoms with Gasteiger partial charge >= 0.3 is 41.9 Å². The number of esters is 6. The van der Waals surface area contributed by atoms with Crippen molar-refractivity contribution in [2.24, 2.45) is 11.8 Å². The molecule has 17 heteroatoms. The molecule has 0 bridgehead atoms. The molecule has 0 aromatic heterocycles. The predicted octanol–water partition coefficient (Wildman–Crippen LogP) is 12.9. The number of amides is 1. The van der Waals surface area contributed by atoms with E-state index in [9.17, 15) is 33.6 Å². The van der Waals surface area contributed by atoms with E-state index in [1.807, 2.05) is 0 Å². The van der Waals surface area contributed by atoms with Gasteiger partial charge in [-0.1, -0.05) is 156 Å². The molecule has 0 N–H and O–H groups in total. The number of carbonyl (C=O) groups excluding carboxylic acids is 7. The summed E-state index contributed by atoms with van der Waals surface area (Å²) in [6.07, 6.45) is 27.3. The average molecular weight is 1110 g/mol. The highest BCUT2D eigenvalue weighted by Gasteiger charge is 2.44. The van der Waals surface area contributed by atoms with Gasteiger partial charge in [-0.25, -0.2) is 4.79 Å². The van der Waals surface area contributed by atoms with Crippen LogP contribution in [0.15, 0.2) is 0 Å². The summed E-state index contributed by atoms with van der Waals surface area (Å²) in [5.74, 6) is -3.95. The minimum atomic E-state index is -0.633.